The van der Waals surface area contributed by atoms with E-state index in [9.17, 15) is 18.8 Å². The van der Waals surface area contributed by atoms with E-state index in [1.54, 1.807) is 13.0 Å². The van der Waals surface area contributed by atoms with E-state index in [-0.39, 0.29) is 17.9 Å². The van der Waals surface area contributed by atoms with Crippen molar-refractivity contribution in [3.8, 4) is 0 Å². The summed E-state index contributed by atoms with van der Waals surface area (Å²) in [6.07, 6.45) is 1.26. The Balaban J connectivity index is 2.57. The second kappa shape index (κ2) is 5.47. The molecule has 0 spiro atoms. The molecule has 0 aliphatic rings. The largest absolute Gasteiger partial charge is 0.331 e. The number of hydrogen-bond donors (Lipinski definition) is 0. The summed E-state index contributed by atoms with van der Waals surface area (Å²) in [5.74, 6) is -0.756. The summed E-state index contributed by atoms with van der Waals surface area (Å²) in [6.45, 7) is 3.17. The van der Waals surface area contributed by atoms with Crippen molar-refractivity contribution in [3.05, 3.63) is 67.7 Å². The Labute approximate surface area is 120 Å². The van der Waals surface area contributed by atoms with Crippen LogP contribution in [0.5, 0.6) is 0 Å². The van der Waals surface area contributed by atoms with Gasteiger partial charge in [0.25, 0.3) is 5.56 Å². The van der Waals surface area contributed by atoms with Gasteiger partial charge >= 0.3 is 5.69 Å². The van der Waals surface area contributed by atoms with E-state index in [0.29, 0.717) is 5.56 Å². The maximum atomic E-state index is 13.1. The van der Waals surface area contributed by atoms with Crippen LogP contribution in [0.3, 0.4) is 0 Å². The summed E-state index contributed by atoms with van der Waals surface area (Å²) in [4.78, 5) is 35.4. The minimum Gasteiger partial charge on any atom is -0.295 e. The standard InChI is InChI=1S/C15H15FN2O3/c1-9-6-12(16)5-4-11(9)7-18-8-13(10(2)19)14(20)17(3)15(18)21/h4-6,8H,7H2,1-3H3. The third-order valence-corrected chi connectivity index (χ3v) is 3.38. The molecule has 1 aromatic carbocycles. The fourth-order valence-corrected chi connectivity index (χ4v) is 2.10. The van der Waals surface area contributed by atoms with E-state index >= 15 is 0 Å². The van der Waals surface area contributed by atoms with Gasteiger partial charge in [-0.2, -0.15) is 0 Å². The Morgan fingerprint density at radius 2 is 1.95 bits per heavy atom. The lowest BCUT2D eigenvalue weighted by Gasteiger charge is -2.11. The number of nitrogens with zero attached hydrogens (tertiary/aromatic N) is 2. The molecule has 5 nitrogen and oxygen atoms in total. The van der Waals surface area contributed by atoms with E-state index < -0.39 is 17.0 Å². The molecule has 0 bridgehead atoms. The summed E-state index contributed by atoms with van der Waals surface area (Å²) >= 11 is 0. The van der Waals surface area contributed by atoms with E-state index in [0.717, 1.165) is 10.1 Å². The van der Waals surface area contributed by atoms with Crippen molar-refractivity contribution in [1.29, 1.82) is 0 Å². The number of carbonyl (C=O) groups is 1. The Morgan fingerprint density at radius 3 is 2.52 bits per heavy atom. The Hall–Kier alpha value is -2.50. The average molecular weight is 290 g/mol. The third kappa shape index (κ3) is 2.84. The molecule has 2 aromatic rings. The van der Waals surface area contributed by atoms with Crippen LogP contribution in [-0.4, -0.2) is 14.9 Å². The molecule has 0 fully saturated rings. The minimum absolute atomic E-state index is 0.0446. The highest BCUT2D eigenvalue weighted by molar-refractivity contribution is 5.93. The normalized spacial score (nSPS) is 10.7. The predicted octanol–water partition coefficient (Wildman–Crippen LogP) is 1.25. The fourth-order valence-electron chi connectivity index (χ4n) is 2.10. The Kier molecular flexibility index (Phi) is 3.88. The number of hydrogen-bond acceptors (Lipinski definition) is 3. The molecular weight excluding hydrogens is 275 g/mol. The minimum atomic E-state index is -0.612. The lowest BCUT2D eigenvalue weighted by molar-refractivity contribution is 0.101. The molecule has 0 atom stereocenters. The number of Topliss-reactive ketones (excluding diaryl/α,β-unsaturated/α-hetero) is 1. The molecule has 0 radical (unpaired) electrons. The van der Waals surface area contributed by atoms with Gasteiger partial charge < -0.3 is 0 Å². The number of carbonyl (C=O) groups excluding carboxylic acids is 1. The van der Waals surface area contributed by atoms with Crippen molar-refractivity contribution in [2.24, 2.45) is 7.05 Å². The molecule has 110 valence electrons. The van der Waals surface area contributed by atoms with E-state index in [1.807, 2.05) is 0 Å². The highest BCUT2D eigenvalue weighted by Gasteiger charge is 2.13. The van der Waals surface area contributed by atoms with Crippen molar-refractivity contribution in [2.75, 3.05) is 0 Å². The van der Waals surface area contributed by atoms with Crippen LogP contribution in [0, 0.1) is 12.7 Å². The van der Waals surface area contributed by atoms with Crippen molar-refractivity contribution >= 4 is 5.78 Å². The SMILES string of the molecule is CC(=O)c1cn(Cc2ccc(F)cc2C)c(=O)n(C)c1=O. The van der Waals surface area contributed by atoms with Gasteiger partial charge in [-0.1, -0.05) is 6.07 Å². The van der Waals surface area contributed by atoms with Crippen molar-refractivity contribution in [3.63, 3.8) is 0 Å². The van der Waals surface area contributed by atoms with Gasteiger partial charge in [-0.05, 0) is 37.1 Å². The molecule has 0 amide bonds. The van der Waals surface area contributed by atoms with Gasteiger partial charge in [-0.25, -0.2) is 9.18 Å². The first kappa shape index (κ1) is 14.9. The van der Waals surface area contributed by atoms with E-state index in [2.05, 4.69) is 0 Å². The number of rotatable bonds is 3. The second-order valence-electron chi connectivity index (χ2n) is 4.94. The van der Waals surface area contributed by atoms with Crippen molar-refractivity contribution in [1.82, 2.24) is 9.13 Å². The summed E-state index contributed by atoms with van der Waals surface area (Å²) in [6, 6.07) is 4.26. The summed E-state index contributed by atoms with van der Waals surface area (Å²) in [7, 11) is 1.32. The topological polar surface area (TPSA) is 61.1 Å². The van der Waals surface area contributed by atoms with Crippen LogP contribution in [0.25, 0.3) is 0 Å². The number of ketones is 1. The quantitative estimate of drug-likeness (QED) is 0.799. The average Bonchev–Trinajstić information content (AvgIpc) is 2.41. The van der Waals surface area contributed by atoms with E-state index in [1.165, 1.54) is 36.9 Å². The summed E-state index contributed by atoms with van der Waals surface area (Å²) < 4.78 is 15.3. The Morgan fingerprint density at radius 1 is 1.29 bits per heavy atom. The van der Waals surface area contributed by atoms with Gasteiger partial charge in [-0.15, -0.1) is 0 Å². The fraction of sp³-hybridized carbons (Fsp3) is 0.267. The zero-order chi connectivity index (χ0) is 15.7. The maximum Gasteiger partial charge on any atom is 0.331 e. The number of aryl methyl sites for hydroxylation is 1. The summed E-state index contributed by atoms with van der Waals surface area (Å²) in [5.41, 5.74) is 0.261. The van der Waals surface area contributed by atoms with Crippen LogP contribution >= 0.6 is 0 Å². The molecule has 1 aromatic heterocycles. The van der Waals surface area contributed by atoms with Crippen LogP contribution in [0.1, 0.15) is 28.4 Å². The van der Waals surface area contributed by atoms with Gasteiger partial charge in [-0.3, -0.25) is 18.7 Å². The highest BCUT2D eigenvalue weighted by atomic mass is 19.1. The second-order valence-corrected chi connectivity index (χ2v) is 4.94. The van der Waals surface area contributed by atoms with Crippen LogP contribution < -0.4 is 11.2 Å². The number of aromatic nitrogens is 2. The summed E-state index contributed by atoms with van der Waals surface area (Å²) in [5, 5.41) is 0. The van der Waals surface area contributed by atoms with Gasteiger partial charge in [0.15, 0.2) is 5.78 Å². The first-order valence-corrected chi connectivity index (χ1v) is 6.37. The van der Waals surface area contributed by atoms with E-state index in [4.69, 9.17) is 0 Å². The molecule has 1 heterocycles. The first-order chi connectivity index (χ1) is 9.81. The molecule has 6 heteroatoms. The van der Waals surface area contributed by atoms with Crippen LogP contribution in [0.2, 0.25) is 0 Å². The van der Waals surface area contributed by atoms with Gasteiger partial charge in [0.1, 0.15) is 5.82 Å². The first-order valence-electron chi connectivity index (χ1n) is 6.37. The van der Waals surface area contributed by atoms with Crippen molar-refractivity contribution in [2.45, 2.75) is 20.4 Å². The Bertz CT molecular complexity index is 834. The molecule has 0 aliphatic carbocycles. The van der Waals surface area contributed by atoms with Crippen LogP contribution in [-0.2, 0) is 13.6 Å². The maximum absolute atomic E-state index is 13.1. The molecule has 21 heavy (non-hydrogen) atoms. The molecule has 0 N–H and O–H groups in total. The van der Waals surface area contributed by atoms with Crippen LogP contribution in [0.15, 0.2) is 34.0 Å². The zero-order valence-electron chi connectivity index (χ0n) is 12.0. The van der Waals surface area contributed by atoms with Gasteiger partial charge in [0.05, 0.1) is 12.1 Å². The number of halogens is 1. The molecular formula is C15H15FN2O3. The lowest BCUT2D eigenvalue weighted by Crippen LogP contribution is -2.40. The smallest absolute Gasteiger partial charge is 0.295 e. The van der Waals surface area contributed by atoms with Gasteiger partial charge in [0, 0.05) is 13.2 Å². The zero-order valence-corrected chi connectivity index (χ0v) is 12.0. The third-order valence-electron chi connectivity index (χ3n) is 3.38. The molecule has 0 saturated heterocycles. The lowest BCUT2D eigenvalue weighted by atomic mass is 10.1. The number of benzene rings is 1. The molecule has 0 aliphatic heterocycles. The van der Waals surface area contributed by atoms with Crippen molar-refractivity contribution < 1.29 is 9.18 Å². The predicted molar refractivity (Wildman–Crippen MR) is 76.2 cm³/mol. The monoisotopic (exact) mass is 290 g/mol. The highest BCUT2D eigenvalue weighted by Crippen LogP contribution is 2.11. The molecule has 0 saturated carbocycles. The molecule has 2 rings (SSSR count). The van der Waals surface area contributed by atoms with Gasteiger partial charge in [0.2, 0.25) is 0 Å². The van der Waals surface area contributed by atoms with Crippen LogP contribution in [0.4, 0.5) is 4.39 Å². The molecule has 0 unspecified atom stereocenters.